The van der Waals surface area contributed by atoms with Crippen LogP contribution < -0.4 is 21.3 Å². The summed E-state index contributed by atoms with van der Waals surface area (Å²) in [7, 11) is 1.52. The fourth-order valence-corrected chi connectivity index (χ4v) is 2.55. The standard InChI is InChI=1S/C21H22FN7O2/c1-23-19(31)13-25-15-5-3-7-17(11-15)28-21-26-12-18(22)20(29-21)27-16-6-2-4-14(10-16)24-8-9-30/h2-7,10-13,24,30H,8-9H2,1H3,(H,23,31)(H2,26,27,28,29)/b25-13+. The van der Waals surface area contributed by atoms with Gasteiger partial charge in [-0.1, -0.05) is 12.1 Å². The molecule has 1 heterocycles. The number of carbonyl (C=O) groups excluding carboxylic acids is 1. The largest absolute Gasteiger partial charge is 0.395 e. The first-order valence-corrected chi connectivity index (χ1v) is 9.44. The molecule has 0 aliphatic carbocycles. The number of hydrogen-bond donors (Lipinski definition) is 5. The van der Waals surface area contributed by atoms with E-state index in [0.717, 1.165) is 11.9 Å². The van der Waals surface area contributed by atoms with Gasteiger partial charge in [-0.25, -0.2) is 9.37 Å². The third kappa shape index (κ3) is 6.47. The Labute approximate surface area is 178 Å². The van der Waals surface area contributed by atoms with Crippen LogP contribution in [-0.4, -0.2) is 47.4 Å². The molecule has 3 rings (SSSR count). The van der Waals surface area contributed by atoms with Crippen molar-refractivity contribution in [2.24, 2.45) is 4.99 Å². The van der Waals surface area contributed by atoms with Gasteiger partial charge in [0.05, 0.1) is 24.7 Å². The molecular formula is C21H22FN7O2. The van der Waals surface area contributed by atoms with Crippen molar-refractivity contribution >= 4 is 46.6 Å². The Morgan fingerprint density at radius 2 is 1.87 bits per heavy atom. The van der Waals surface area contributed by atoms with Crippen LogP contribution in [0.4, 0.5) is 38.9 Å². The number of amides is 1. The molecule has 0 fully saturated rings. The van der Waals surface area contributed by atoms with Gasteiger partial charge in [-0.3, -0.25) is 9.79 Å². The zero-order chi connectivity index (χ0) is 22.1. The molecule has 0 bridgehead atoms. The summed E-state index contributed by atoms with van der Waals surface area (Å²) >= 11 is 0. The highest BCUT2D eigenvalue weighted by molar-refractivity contribution is 6.26. The fourth-order valence-electron chi connectivity index (χ4n) is 2.55. The first-order valence-electron chi connectivity index (χ1n) is 9.44. The average molecular weight is 423 g/mol. The number of aliphatic imine (C=N–C) groups is 1. The lowest BCUT2D eigenvalue weighted by atomic mass is 10.2. The maximum absolute atomic E-state index is 14.3. The summed E-state index contributed by atoms with van der Waals surface area (Å²) in [5.41, 5.74) is 2.58. The Morgan fingerprint density at radius 1 is 1.13 bits per heavy atom. The van der Waals surface area contributed by atoms with Gasteiger partial charge in [0.15, 0.2) is 11.6 Å². The predicted molar refractivity (Wildman–Crippen MR) is 119 cm³/mol. The second-order valence-corrected chi connectivity index (χ2v) is 6.29. The molecule has 9 nitrogen and oxygen atoms in total. The zero-order valence-corrected chi connectivity index (χ0v) is 16.8. The number of rotatable bonds is 9. The van der Waals surface area contributed by atoms with E-state index in [-0.39, 0.29) is 24.3 Å². The van der Waals surface area contributed by atoms with Crippen molar-refractivity contribution in [1.82, 2.24) is 15.3 Å². The topological polar surface area (TPSA) is 124 Å². The number of aliphatic hydroxyl groups is 1. The van der Waals surface area contributed by atoms with E-state index >= 15 is 0 Å². The highest BCUT2D eigenvalue weighted by Gasteiger charge is 2.09. The van der Waals surface area contributed by atoms with Crippen molar-refractivity contribution in [2.75, 3.05) is 36.1 Å². The minimum absolute atomic E-state index is 0.00519. The Kier molecular flexibility index (Phi) is 7.44. The Bertz CT molecular complexity index is 1080. The van der Waals surface area contributed by atoms with Crippen molar-refractivity contribution < 1.29 is 14.3 Å². The summed E-state index contributed by atoms with van der Waals surface area (Å²) in [4.78, 5) is 23.6. The highest BCUT2D eigenvalue weighted by atomic mass is 19.1. The molecule has 2 aromatic carbocycles. The average Bonchev–Trinajstić information content (AvgIpc) is 2.79. The van der Waals surface area contributed by atoms with E-state index in [1.54, 1.807) is 42.5 Å². The van der Waals surface area contributed by atoms with E-state index in [1.165, 1.54) is 13.3 Å². The minimum atomic E-state index is -0.608. The molecule has 3 aromatic rings. The number of halogens is 1. The highest BCUT2D eigenvalue weighted by Crippen LogP contribution is 2.24. The number of carbonyl (C=O) groups is 1. The molecule has 0 radical (unpaired) electrons. The summed E-state index contributed by atoms with van der Waals surface area (Å²) in [6.07, 6.45) is 2.25. The molecule has 1 aromatic heterocycles. The van der Waals surface area contributed by atoms with Gasteiger partial charge in [-0.2, -0.15) is 4.98 Å². The number of aliphatic hydroxyl groups excluding tert-OH is 1. The van der Waals surface area contributed by atoms with Gasteiger partial charge >= 0.3 is 0 Å². The van der Waals surface area contributed by atoms with Crippen LogP contribution in [0.2, 0.25) is 0 Å². The number of benzene rings is 2. The van der Waals surface area contributed by atoms with E-state index in [1.807, 2.05) is 6.07 Å². The fraction of sp³-hybridized carbons (Fsp3) is 0.143. The SMILES string of the molecule is CNC(=O)/C=N/c1cccc(Nc2ncc(F)c(Nc3cccc(NCCO)c3)n2)c1. The van der Waals surface area contributed by atoms with Crippen LogP contribution >= 0.6 is 0 Å². The predicted octanol–water partition coefficient (Wildman–Crippen LogP) is 2.96. The second-order valence-electron chi connectivity index (χ2n) is 6.29. The molecule has 0 unspecified atom stereocenters. The first kappa shape index (κ1) is 21.7. The van der Waals surface area contributed by atoms with Crippen molar-refractivity contribution in [3.05, 3.63) is 60.5 Å². The summed E-state index contributed by atoms with van der Waals surface area (Å²) in [5.74, 6) is -0.730. The number of aromatic nitrogens is 2. The van der Waals surface area contributed by atoms with Gasteiger partial charge in [0, 0.05) is 30.7 Å². The molecule has 0 spiro atoms. The quantitative estimate of drug-likeness (QED) is 0.335. The van der Waals surface area contributed by atoms with Gasteiger partial charge in [0.1, 0.15) is 0 Å². The van der Waals surface area contributed by atoms with Crippen LogP contribution in [0.15, 0.2) is 59.7 Å². The van der Waals surface area contributed by atoms with Crippen LogP contribution in [0.1, 0.15) is 0 Å². The lowest BCUT2D eigenvalue weighted by molar-refractivity contribution is -0.113. The lowest BCUT2D eigenvalue weighted by Gasteiger charge is -2.11. The second kappa shape index (κ2) is 10.6. The smallest absolute Gasteiger partial charge is 0.262 e. The molecular weight excluding hydrogens is 401 g/mol. The molecule has 0 saturated heterocycles. The Hall–Kier alpha value is -4.05. The van der Waals surface area contributed by atoms with Crippen molar-refractivity contribution in [2.45, 2.75) is 0 Å². The Balaban J connectivity index is 1.74. The molecule has 10 heteroatoms. The Morgan fingerprint density at radius 3 is 2.65 bits per heavy atom. The molecule has 1 amide bonds. The van der Waals surface area contributed by atoms with E-state index in [0.29, 0.717) is 23.6 Å². The van der Waals surface area contributed by atoms with Gasteiger partial charge in [-0.15, -0.1) is 0 Å². The first-order chi connectivity index (χ1) is 15.1. The van der Waals surface area contributed by atoms with Crippen LogP contribution in [-0.2, 0) is 4.79 Å². The lowest BCUT2D eigenvalue weighted by Crippen LogP contribution is -2.18. The van der Waals surface area contributed by atoms with Gasteiger partial charge in [-0.05, 0) is 36.4 Å². The zero-order valence-electron chi connectivity index (χ0n) is 16.8. The van der Waals surface area contributed by atoms with Crippen molar-refractivity contribution in [3.8, 4) is 0 Å². The van der Waals surface area contributed by atoms with Crippen LogP contribution in [0.25, 0.3) is 0 Å². The number of nitrogens with one attached hydrogen (secondary N) is 4. The molecule has 31 heavy (non-hydrogen) atoms. The number of anilines is 5. The molecule has 5 N–H and O–H groups in total. The van der Waals surface area contributed by atoms with E-state index in [4.69, 9.17) is 5.11 Å². The van der Waals surface area contributed by atoms with Gasteiger partial charge < -0.3 is 26.4 Å². The van der Waals surface area contributed by atoms with Crippen molar-refractivity contribution in [3.63, 3.8) is 0 Å². The van der Waals surface area contributed by atoms with Crippen LogP contribution in [0.3, 0.4) is 0 Å². The normalized spacial score (nSPS) is 10.7. The summed E-state index contributed by atoms with van der Waals surface area (Å²) in [6, 6.07) is 14.2. The van der Waals surface area contributed by atoms with Crippen LogP contribution in [0, 0.1) is 5.82 Å². The van der Waals surface area contributed by atoms with Crippen LogP contribution in [0.5, 0.6) is 0 Å². The van der Waals surface area contributed by atoms with E-state index < -0.39 is 5.82 Å². The monoisotopic (exact) mass is 423 g/mol. The summed E-state index contributed by atoms with van der Waals surface area (Å²) in [6.45, 7) is 0.414. The van der Waals surface area contributed by atoms with Gasteiger partial charge in [0.25, 0.3) is 5.91 Å². The summed E-state index contributed by atoms with van der Waals surface area (Å²) in [5, 5.41) is 20.3. The number of nitrogens with zero attached hydrogens (tertiary/aromatic N) is 3. The molecule has 0 saturated carbocycles. The maximum Gasteiger partial charge on any atom is 0.262 e. The maximum atomic E-state index is 14.3. The number of hydrogen-bond acceptors (Lipinski definition) is 8. The third-order valence-corrected chi connectivity index (χ3v) is 3.99. The minimum Gasteiger partial charge on any atom is -0.395 e. The van der Waals surface area contributed by atoms with Gasteiger partial charge in [0.2, 0.25) is 5.95 Å². The van der Waals surface area contributed by atoms with Crippen molar-refractivity contribution in [1.29, 1.82) is 0 Å². The third-order valence-electron chi connectivity index (χ3n) is 3.99. The van der Waals surface area contributed by atoms with E-state index in [2.05, 4.69) is 36.2 Å². The van der Waals surface area contributed by atoms with E-state index in [9.17, 15) is 9.18 Å². The summed E-state index contributed by atoms with van der Waals surface area (Å²) < 4.78 is 14.3. The molecule has 0 aliphatic heterocycles. The molecule has 0 aliphatic rings. The molecule has 0 atom stereocenters. The molecule has 160 valence electrons.